The molecule has 7 nitrogen and oxygen atoms in total. The Hall–Kier alpha value is -1.74. The number of hydrogen-bond acceptors (Lipinski definition) is 8. The smallest absolute Gasteiger partial charge is 0.225 e. The Morgan fingerprint density at radius 1 is 1.35 bits per heavy atom. The number of hydrogen-bond donors (Lipinski definition) is 2. The highest BCUT2D eigenvalue weighted by atomic mass is 32.2. The minimum absolute atomic E-state index is 0.593. The van der Waals surface area contributed by atoms with Crippen molar-refractivity contribution in [3.05, 3.63) is 12.2 Å². The van der Waals surface area contributed by atoms with E-state index in [1.165, 1.54) is 23.3 Å². The molecule has 0 saturated heterocycles. The Balaban J connectivity index is 1.96. The molecule has 0 aromatic carbocycles. The third kappa shape index (κ3) is 2.73. The third-order valence-corrected chi connectivity index (χ3v) is 4.31. The van der Waals surface area contributed by atoms with Crippen LogP contribution in [0.4, 0.5) is 5.95 Å². The molecule has 3 heterocycles. The van der Waals surface area contributed by atoms with Crippen LogP contribution in [0, 0.1) is 6.92 Å². The van der Waals surface area contributed by atoms with Gasteiger partial charge in [0, 0.05) is 6.54 Å². The predicted octanol–water partition coefficient (Wildman–Crippen LogP) is 2.49. The topological polar surface area (TPSA) is 92.3 Å². The van der Waals surface area contributed by atoms with E-state index < -0.39 is 0 Å². The van der Waals surface area contributed by atoms with Gasteiger partial charge < -0.3 is 10.3 Å². The number of fused-ring (bicyclic) bond motifs is 1. The number of aromatic nitrogens is 6. The highest BCUT2D eigenvalue weighted by Crippen LogP contribution is 2.31. The maximum absolute atomic E-state index is 4.52. The first-order valence-electron chi connectivity index (χ1n) is 6.19. The van der Waals surface area contributed by atoms with Crippen LogP contribution >= 0.6 is 23.3 Å². The summed E-state index contributed by atoms with van der Waals surface area (Å²) in [7, 11) is 0. The minimum atomic E-state index is 0.593. The summed E-state index contributed by atoms with van der Waals surface area (Å²) >= 11 is 2.84. The van der Waals surface area contributed by atoms with Crippen LogP contribution in [0.5, 0.6) is 0 Å². The van der Waals surface area contributed by atoms with Crippen LogP contribution < -0.4 is 5.32 Å². The lowest BCUT2D eigenvalue weighted by Crippen LogP contribution is -2.05. The molecule has 0 fully saturated rings. The van der Waals surface area contributed by atoms with Crippen molar-refractivity contribution in [1.82, 2.24) is 29.3 Å². The molecule has 0 aliphatic heterocycles. The minimum Gasteiger partial charge on any atom is -0.354 e. The summed E-state index contributed by atoms with van der Waals surface area (Å²) in [6, 6.07) is 0. The summed E-state index contributed by atoms with van der Waals surface area (Å²) in [6.07, 6.45) is 2.64. The van der Waals surface area contributed by atoms with Gasteiger partial charge in [-0.05, 0) is 36.6 Å². The maximum atomic E-state index is 4.52. The van der Waals surface area contributed by atoms with Gasteiger partial charge in [0.25, 0.3) is 0 Å². The van der Waals surface area contributed by atoms with Crippen molar-refractivity contribution in [2.45, 2.75) is 29.6 Å². The van der Waals surface area contributed by atoms with Crippen molar-refractivity contribution in [3.8, 4) is 0 Å². The number of rotatable bonds is 5. The number of nitrogens with zero attached hydrogens (tertiary/aromatic N) is 5. The molecule has 3 rings (SSSR count). The Morgan fingerprint density at radius 3 is 3.00 bits per heavy atom. The maximum Gasteiger partial charge on any atom is 0.225 e. The zero-order valence-electron chi connectivity index (χ0n) is 11.0. The fourth-order valence-electron chi connectivity index (χ4n) is 1.60. The van der Waals surface area contributed by atoms with Crippen LogP contribution in [0.2, 0.25) is 0 Å². The standard InChI is InChI=1S/C11H13N7S2/c1-3-4-12-10-16-8-7(13-5-14-8)9(17-10)19-11-15-6(2)18-20-11/h5H,3-4H2,1-2H3,(H2,12,13,14,16,17). The third-order valence-electron chi connectivity index (χ3n) is 2.48. The van der Waals surface area contributed by atoms with Gasteiger partial charge in [-0.15, -0.1) is 0 Å². The molecule has 9 heteroatoms. The molecular weight excluding hydrogens is 294 g/mol. The van der Waals surface area contributed by atoms with Crippen molar-refractivity contribution in [2.75, 3.05) is 11.9 Å². The second-order valence-corrected chi connectivity index (χ2v) is 6.08. The molecule has 0 bridgehead atoms. The van der Waals surface area contributed by atoms with E-state index in [9.17, 15) is 0 Å². The molecule has 0 spiro atoms. The van der Waals surface area contributed by atoms with Crippen LogP contribution in [0.3, 0.4) is 0 Å². The van der Waals surface area contributed by atoms with Gasteiger partial charge >= 0.3 is 0 Å². The summed E-state index contributed by atoms with van der Waals surface area (Å²) in [6.45, 7) is 4.80. The number of aromatic amines is 1. The molecule has 0 aliphatic carbocycles. The number of nitrogens with one attached hydrogen (secondary N) is 2. The van der Waals surface area contributed by atoms with Gasteiger partial charge in [0.2, 0.25) is 5.95 Å². The fourth-order valence-corrected chi connectivity index (χ4v) is 3.25. The Morgan fingerprint density at radius 2 is 2.25 bits per heavy atom. The highest BCUT2D eigenvalue weighted by molar-refractivity contribution is 8.01. The van der Waals surface area contributed by atoms with Crippen molar-refractivity contribution >= 4 is 40.4 Å². The quantitative estimate of drug-likeness (QED) is 0.699. The van der Waals surface area contributed by atoms with Crippen LogP contribution in [-0.4, -0.2) is 35.8 Å². The number of imidazole rings is 1. The number of aryl methyl sites for hydroxylation is 1. The highest BCUT2D eigenvalue weighted by Gasteiger charge is 2.13. The summed E-state index contributed by atoms with van der Waals surface area (Å²) < 4.78 is 5.04. The molecule has 0 atom stereocenters. The molecule has 104 valence electrons. The average Bonchev–Trinajstić information content (AvgIpc) is 3.05. The monoisotopic (exact) mass is 307 g/mol. The van der Waals surface area contributed by atoms with Gasteiger partial charge in [-0.1, -0.05) is 6.92 Å². The lowest BCUT2D eigenvalue weighted by Gasteiger charge is -2.05. The molecule has 0 radical (unpaired) electrons. The first-order chi connectivity index (χ1) is 9.76. The zero-order chi connectivity index (χ0) is 13.9. The van der Waals surface area contributed by atoms with E-state index >= 15 is 0 Å². The molecule has 2 N–H and O–H groups in total. The average molecular weight is 307 g/mol. The van der Waals surface area contributed by atoms with E-state index in [-0.39, 0.29) is 0 Å². The Bertz CT molecular complexity index is 720. The van der Waals surface area contributed by atoms with E-state index in [2.05, 4.69) is 41.5 Å². The second kappa shape index (κ2) is 5.71. The largest absolute Gasteiger partial charge is 0.354 e. The van der Waals surface area contributed by atoms with Gasteiger partial charge in [0.15, 0.2) is 9.99 Å². The Labute approximate surface area is 123 Å². The predicted molar refractivity (Wildman–Crippen MR) is 79.2 cm³/mol. The van der Waals surface area contributed by atoms with Crippen LogP contribution in [0.25, 0.3) is 11.2 Å². The summed E-state index contributed by atoms with van der Waals surface area (Å²) in [5.74, 6) is 1.37. The first-order valence-corrected chi connectivity index (χ1v) is 7.78. The van der Waals surface area contributed by atoms with Crippen molar-refractivity contribution in [1.29, 1.82) is 0 Å². The Kier molecular flexibility index (Phi) is 3.79. The van der Waals surface area contributed by atoms with E-state index in [1.54, 1.807) is 6.33 Å². The van der Waals surface area contributed by atoms with E-state index in [4.69, 9.17) is 0 Å². The van der Waals surface area contributed by atoms with E-state index in [0.717, 1.165) is 33.7 Å². The molecule has 0 saturated carbocycles. The lowest BCUT2D eigenvalue weighted by molar-refractivity contribution is 0.943. The van der Waals surface area contributed by atoms with Gasteiger partial charge in [0.05, 0.1) is 6.33 Å². The lowest BCUT2D eigenvalue weighted by atomic mass is 10.5. The first kappa shape index (κ1) is 13.3. The van der Waals surface area contributed by atoms with Gasteiger partial charge in [-0.3, -0.25) is 0 Å². The van der Waals surface area contributed by atoms with E-state index in [0.29, 0.717) is 11.6 Å². The molecule has 3 aromatic rings. The summed E-state index contributed by atoms with van der Waals surface area (Å²) in [5, 5.41) is 3.99. The fraction of sp³-hybridized carbons (Fsp3) is 0.364. The van der Waals surface area contributed by atoms with Crippen molar-refractivity contribution in [3.63, 3.8) is 0 Å². The summed E-state index contributed by atoms with van der Waals surface area (Å²) in [4.78, 5) is 20.5. The number of anilines is 1. The molecule has 0 amide bonds. The normalized spacial score (nSPS) is 11.1. The van der Waals surface area contributed by atoms with Gasteiger partial charge in [0.1, 0.15) is 16.4 Å². The van der Waals surface area contributed by atoms with Crippen LogP contribution in [0.1, 0.15) is 19.2 Å². The van der Waals surface area contributed by atoms with E-state index in [1.807, 2.05) is 6.92 Å². The summed E-state index contributed by atoms with van der Waals surface area (Å²) in [5.41, 5.74) is 1.48. The zero-order valence-corrected chi connectivity index (χ0v) is 12.7. The van der Waals surface area contributed by atoms with Gasteiger partial charge in [-0.25, -0.2) is 15.0 Å². The SMILES string of the molecule is CCCNc1nc(Sc2nc(C)ns2)c2[nH]cnc2n1. The molecule has 3 aromatic heterocycles. The number of H-pyrrole nitrogens is 1. The van der Waals surface area contributed by atoms with Crippen LogP contribution in [-0.2, 0) is 0 Å². The molecule has 0 aliphatic rings. The molecular formula is C11H13N7S2. The second-order valence-electron chi connectivity index (χ2n) is 4.09. The molecule has 0 unspecified atom stereocenters. The van der Waals surface area contributed by atoms with Crippen LogP contribution in [0.15, 0.2) is 15.7 Å². The van der Waals surface area contributed by atoms with Crippen molar-refractivity contribution < 1.29 is 0 Å². The van der Waals surface area contributed by atoms with Gasteiger partial charge in [-0.2, -0.15) is 9.36 Å². The molecule has 20 heavy (non-hydrogen) atoms. The van der Waals surface area contributed by atoms with Crippen molar-refractivity contribution in [2.24, 2.45) is 0 Å².